The van der Waals surface area contributed by atoms with Crippen LogP contribution in [0.15, 0.2) is 0 Å². The van der Waals surface area contributed by atoms with Crippen LogP contribution in [0.1, 0.15) is 84.5 Å². The summed E-state index contributed by atoms with van der Waals surface area (Å²) in [6.45, 7) is 4.47. The lowest BCUT2D eigenvalue weighted by Crippen LogP contribution is -2.52. The lowest BCUT2D eigenvalue weighted by Gasteiger charge is -2.40. The van der Waals surface area contributed by atoms with Gasteiger partial charge in [0.1, 0.15) is 5.78 Å². The van der Waals surface area contributed by atoms with Crippen LogP contribution in [0.2, 0.25) is 0 Å². The highest BCUT2D eigenvalue weighted by Crippen LogP contribution is 2.33. The quantitative estimate of drug-likeness (QED) is 0.745. The molecule has 0 bridgehead atoms. The molecule has 0 aromatic rings. The number of carbonyl (C=O) groups excluding carboxylic acids is 1. The van der Waals surface area contributed by atoms with Crippen molar-refractivity contribution in [1.29, 1.82) is 0 Å². The van der Waals surface area contributed by atoms with Crippen molar-refractivity contribution in [3.63, 3.8) is 0 Å². The number of rotatable bonds is 7. The number of hydrogen-bond acceptors (Lipinski definition) is 2. The predicted octanol–water partition coefficient (Wildman–Crippen LogP) is 4.47. The van der Waals surface area contributed by atoms with Crippen LogP contribution in [0.5, 0.6) is 0 Å². The third kappa shape index (κ3) is 4.31. The molecule has 2 aliphatic rings. The van der Waals surface area contributed by atoms with E-state index in [4.69, 9.17) is 0 Å². The zero-order valence-corrected chi connectivity index (χ0v) is 13.5. The highest BCUT2D eigenvalue weighted by molar-refractivity contribution is 5.84. The van der Waals surface area contributed by atoms with Gasteiger partial charge in [-0.1, -0.05) is 52.4 Å². The van der Waals surface area contributed by atoms with Gasteiger partial charge in [0.25, 0.3) is 0 Å². The summed E-state index contributed by atoms with van der Waals surface area (Å²) in [5, 5.41) is 3.69. The maximum atomic E-state index is 12.5. The molecule has 2 nitrogen and oxygen atoms in total. The second-order valence-electron chi connectivity index (χ2n) is 7.03. The van der Waals surface area contributed by atoms with Crippen molar-refractivity contribution in [3.05, 3.63) is 0 Å². The Bertz CT molecular complexity index is 302. The average Bonchev–Trinajstić information content (AvgIpc) is 2.50. The molecule has 116 valence electrons. The molecule has 0 radical (unpaired) electrons. The molecule has 1 saturated heterocycles. The fourth-order valence-corrected chi connectivity index (χ4v) is 4.12. The van der Waals surface area contributed by atoms with E-state index < -0.39 is 0 Å². The summed E-state index contributed by atoms with van der Waals surface area (Å²) in [5.41, 5.74) is 0. The monoisotopic (exact) mass is 279 g/mol. The van der Waals surface area contributed by atoms with Crippen LogP contribution >= 0.6 is 0 Å². The van der Waals surface area contributed by atoms with Crippen LogP contribution in [0.4, 0.5) is 0 Å². The number of unbranched alkanes of at least 4 members (excludes halogenated alkanes) is 1. The second kappa shape index (κ2) is 8.17. The van der Waals surface area contributed by atoms with Crippen molar-refractivity contribution in [1.82, 2.24) is 5.32 Å². The fraction of sp³-hybridized carbons (Fsp3) is 0.944. The van der Waals surface area contributed by atoms with Crippen molar-refractivity contribution in [2.75, 3.05) is 0 Å². The summed E-state index contributed by atoms with van der Waals surface area (Å²) in [6, 6.07) is 0.812. The van der Waals surface area contributed by atoms with Crippen molar-refractivity contribution in [2.45, 2.75) is 96.6 Å². The number of carbonyl (C=O) groups is 1. The number of Topliss-reactive ketones (excluding diaryl/α,β-unsaturated/α-hetero) is 1. The molecule has 2 fully saturated rings. The smallest absolute Gasteiger partial charge is 0.150 e. The number of nitrogens with one attached hydrogen (secondary N) is 1. The number of hydrogen-bond donors (Lipinski definition) is 1. The van der Waals surface area contributed by atoms with E-state index in [0.717, 1.165) is 25.2 Å². The number of ketones is 1. The van der Waals surface area contributed by atoms with Gasteiger partial charge in [0.15, 0.2) is 0 Å². The van der Waals surface area contributed by atoms with Crippen molar-refractivity contribution >= 4 is 5.78 Å². The van der Waals surface area contributed by atoms with E-state index in [-0.39, 0.29) is 6.04 Å². The Labute approximate surface area is 125 Å². The van der Waals surface area contributed by atoms with E-state index in [2.05, 4.69) is 19.2 Å². The Morgan fingerprint density at radius 3 is 2.70 bits per heavy atom. The third-order valence-electron chi connectivity index (χ3n) is 5.57. The Morgan fingerprint density at radius 1 is 1.15 bits per heavy atom. The molecule has 20 heavy (non-hydrogen) atoms. The van der Waals surface area contributed by atoms with Crippen LogP contribution in [-0.2, 0) is 4.79 Å². The third-order valence-corrected chi connectivity index (χ3v) is 5.57. The van der Waals surface area contributed by atoms with Crippen LogP contribution in [-0.4, -0.2) is 17.9 Å². The Morgan fingerprint density at radius 2 is 1.95 bits per heavy atom. The summed E-state index contributed by atoms with van der Waals surface area (Å²) in [4.78, 5) is 12.5. The maximum Gasteiger partial charge on any atom is 0.150 e. The largest absolute Gasteiger partial charge is 0.304 e. The normalized spacial score (nSPS) is 31.6. The first-order valence-electron chi connectivity index (χ1n) is 9.03. The van der Waals surface area contributed by atoms with Gasteiger partial charge in [-0.05, 0) is 37.5 Å². The first kappa shape index (κ1) is 16.0. The lowest BCUT2D eigenvalue weighted by molar-refractivity contribution is -0.123. The van der Waals surface area contributed by atoms with Crippen LogP contribution in [0.25, 0.3) is 0 Å². The zero-order chi connectivity index (χ0) is 14.4. The van der Waals surface area contributed by atoms with E-state index >= 15 is 0 Å². The van der Waals surface area contributed by atoms with Crippen molar-refractivity contribution in [2.24, 2.45) is 11.8 Å². The van der Waals surface area contributed by atoms with Crippen molar-refractivity contribution in [3.8, 4) is 0 Å². The summed E-state index contributed by atoms with van der Waals surface area (Å²) in [7, 11) is 0. The standard InChI is InChI=1S/C18H33NO/c1-3-5-8-14(4-2)13-18(20)17-12-11-15-9-6-7-10-16(15)19-17/h14-17,19H,3-13H2,1-2H3. The van der Waals surface area contributed by atoms with Gasteiger partial charge in [-0.25, -0.2) is 0 Å². The Hall–Kier alpha value is -0.370. The van der Waals surface area contributed by atoms with Gasteiger partial charge in [-0.3, -0.25) is 4.79 Å². The van der Waals surface area contributed by atoms with E-state index in [0.29, 0.717) is 17.7 Å². The first-order chi connectivity index (χ1) is 9.74. The number of piperidine rings is 1. The topological polar surface area (TPSA) is 29.1 Å². The fourth-order valence-electron chi connectivity index (χ4n) is 4.12. The van der Waals surface area contributed by atoms with Crippen molar-refractivity contribution < 1.29 is 4.79 Å². The minimum atomic E-state index is 0.171. The highest BCUT2D eigenvalue weighted by Gasteiger charge is 2.34. The van der Waals surface area contributed by atoms with Gasteiger partial charge in [0, 0.05) is 12.5 Å². The number of fused-ring (bicyclic) bond motifs is 1. The van der Waals surface area contributed by atoms with Crippen LogP contribution in [0, 0.1) is 11.8 Å². The summed E-state index contributed by atoms with van der Waals surface area (Å²) in [6.07, 6.45) is 13.5. The Kier molecular flexibility index (Phi) is 6.54. The molecular formula is C18H33NO. The molecule has 1 aliphatic carbocycles. The van der Waals surface area contributed by atoms with E-state index in [9.17, 15) is 4.79 Å². The van der Waals surface area contributed by atoms with Gasteiger partial charge in [0.2, 0.25) is 0 Å². The second-order valence-corrected chi connectivity index (χ2v) is 7.03. The van der Waals surface area contributed by atoms with Gasteiger partial charge in [-0.15, -0.1) is 0 Å². The molecule has 0 aromatic heterocycles. The minimum Gasteiger partial charge on any atom is -0.304 e. The maximum absolute atomic E-state index is 12.5. The summed E-state index contributed by atoms with van der Waals surface area (Å²) in [5.74, 6) is 1.97. The lowest BCUT2D eigenvalue weighted by atomic mass is 9.76. The molecule has 0 amide bonds. The van der Waals surface area contributed by atoms with E-state index in [1.165, 1.54) is 51.4 Å². The van der Waals surface area contributed by atoms with Crippen LogP contribution < -0.4 is 5.32 Å². The first-order valence-corrected chi connectivity index (χ1v) is 9.03. The SMILES string of the molecule is CCCCC(CC)CC(=O)C1CCC2CCCCC2N1. The molecule has 1 N–H and O–H groups in total. The molecular weight excluding hydrogens is 246 g/mol. The minimum absolute atomic E-state index is 0.171. The van der Waals surface area contributed by atoms with Gasteiger partial charge < -0.3 is 5.32 Å². The molecule has 4 atom stereocenters. The summed E-state index contributed by atoms with van der Waals surface area (Å²) < 4.78 is 0. The molecule has 1 saturated carbocycles. The predicted molar refractivity (Wildman–Crippen MR) is 84.8 cm³/mol. The van der Waals surface area contributed by atoms with E-state index in [1.807, 2.05) is 0 Å². The molecule has 2 rings (SSSR count). The Balaban J connectivity index is 1.80. The zero-order valence-electron chi connectivity index (χ0n) is 13.5. The summed E-state index contributed by atoms with van der Waals surface area (Å²) >= 11 is 0. The molecule has 4 unspecified atom stereocenters. The highest BCUT2D eigenvalue weighted by atomic mass is 16.1. The van der Waals surface area contributed by atoms with Crippen LogP contribution in [0.3, 0.4) is 0 Å². The molecule has 0 aromatic carbocycles. The molecule has 0 spiro atoms. The van der Waals surface area contributed by atoms with Gasteiger partial charge in [0.05, 0.1) is 6.04 Å². The molecule has 1 aliphatic heterocycles. The molecule has 2 heteroatoms. The van der Waals surface area contributed by atoms with Gasteiger partial charge >= 0.3 is 0 Å². The molecule has 1 heterocycles. The van der Waals surface area contributed by atoms with Gasteiger partial charge in [-0.2, -0.15) is 0 Å². The average molecular weight is 279 g/mol. The van der Waals surface area contributed by atoms with E-state index in [1.54, 1.807) is 0 Å².